The van der Waals surface area contributed by atoms with Gasteiger partial charge in [-0.3, -0.25) is 4.98 Å². The minimum absolute atomic E-state index is 0.109. The molecule has 2 atom stereocenters. The summed E-state index contributed by atoms with van der Waals surface area (Å²) in [7, 11) is -3.04. The molecular formula is C22H24F2N4O2S. The number of hydrogen-bond donors (Lipinski definition) is 0. The average Bonchev–Trinajstić information content (AvgIpc) is 3.31. The van der Waals surface area contributed by atoms with Crippen LogP contribution in [0.4, 0.5) is 20.3 Å². The Kier molecular flexibility index (Phi) is 5.05. The lowest BCUT2D eigenvalue weighted by molar-refractivity contribution is 0.0306. The molecule has 2 aromatic heterocycles. The van der Waals surface area contributed by atoms with E-state index in [9.17, 15) is 13.0 Å². The lowest BCUT2D eigenvalue weighted by Crippen LogP contribution is -2.43. The van der Waals surface area contributed by atoms with Gasteiger partial charge in [-0.05, 0) is 19.1 Å². The second-order valence-corrected chi connectivity index (χ2v) is 10.8. The number of ether oxygens (including phenoxy) is 1. The van der Waals surface area contributed by atoms with Crippen LogP contribution < -0.4 is 4.90 Å². The normalized spacial score (nSPS) is 26.8. The molecule has 0 amide bonds. The number of pyridine rings is 2. The summed E-state index contributed by atoms with van der Waals surface area (Å²) in [6.45, 7) is 3.97. The van der Waals surface area contributed by atoms with E-state index in [1.165, 1.54) is 0 Å². The standard InChI is InChI=1S/C22H24F2N4O2S/c1-15-13-30-9-8-28(15)16-11-20(18-5-7-25-19-4-2-3-17(18)19)26-21(12-16)27-31(29)10-6-22(23,24)14-31/h2-3,5,7,11-12,15H,4,6,8-10,13-14H2,1H3/t15-,31?/m1/s1. The van der Waals surface area contributed by atoms with Gasteiger partial charge in [-0.25, -0.2) is 18.0 Å². The molecule has 3 aliphatic rings. The fourth-order valence-electron chi connectivity index (χ4n) is 4.37. The third kappa shape index (κ3) is 4.08. The minimum Gasteiger partial charge on any atom is -0.377 e. The summed E-state index contributed by atoms with van der Waals surface area (Å²) in [5.41, 5.74) is 4.44. The molecule has 0 spiro atoms. The van der Waals surface area contributed by atoms with Gasteiger partial charge >= 0.3 is 0 Å². The van der Waals surface area contributed by atoms with Crippen molar-refractivity contribution in [3.63, 3.8) is 0 Å². The second kappa shape index (κ2) is 7.63. The van der Waals surface area contributed by atoms with Crippen LogP contribution in [0, 0.1) is 0 Å². The zero-order chi connectivity index (χ0) is 21.6. The van der Waals surface area contributed by atoms with Crippen molar-refractivity contribution in [2.24, 2.45) is 4.36 Å². The minimum atomic E-state index is -3.04. The molecule has 0 aromatic carbocycles. The van der Waals surface area contributed by atoms with Crippen LogP contribution in [0.25, 0.3) is 17.3 Å². The predicted molar refractivity (Wildman–Crippen MR) is 117 cm³/mol. The fraction of sp³-hybridized carbons (Fsp3) is 0.455. The Morgan fingerprint density at radius 1 is 1.35 bits per heavy atom. The lowest BCUT2D eigenvalue weighted by Gasteiger charge is -2.35. The van der Waals surface area contributed by atoms with E-state index in [0.717, 1.165) is 28.9 Å². The number of hydrogen-bond acceptors (Lipinski definition) is 6. The topological polar surface area (TPSA) is 67.7 Å². The first-order chi connectivity index (χ1) is 14.8. The number of morpholine rings is 1. The van der Waals surface area contributed by atoms with E-state index >= 15 is 0 Å². The quantitative estimate of drug-likeness (QED) is 0.711. The molecule has 164 valence electrons. The highest BCUT2D eigenvalue weighted by Crippen LogP contribution is 2.36. The Hall–Kier alpha value is -2.39. The Morgan fingerprint density at radius 2 is 2.23 bits per heavy atom. The summed E-state index contributed by atoms with van der Waals surface area (Å²) in [5.74, 6) is -3.51. The molecule has 0 N–H and O–H groups in total. The van der Waals surface area contributed by atoms with Gasteiger partial charge in [0.1, 0.15) is 0 Å². The Labute approximate surface area is 180 Å². The average molecular weight is 447 g/mol. The van der Waals surface area contributed by atoms with Crippen molar-refractivity contribution in [2.45, 2.75) is 31.7 Å². The molecule has 31 heavy (non-hydrogen) atoms. The van der Waals surface area contributed by atoms with Gasteiger partial charge in [-0.1, -0.05) is 12.2 Å². The zero-order valence-corrected chi connectivity index (χ0v) is 18.1. The van der Waals surface area contributed by atoms with Crippen LogP contribution in [0.1, 0.15) is 24.6 Å². The summed E-state index contributed by atoms with van der Waals surface area (Å²) in [5, 5.41) is 0. The highest BCUT2D eigenvalue weighted by molar-refractivity contribution is 7.94. The Morgan fingerprint density at radius 3 is 3.00 bits per heavy atom. The maximum atomic E-state index is 13.8. The molecule has 0 bridgehead atoms. The molecule has 0 radical (unpaired) electrons. The van der Waals surface area contributed by atoms with E-state index in [-0.39, 0.29) is 17.6 Å². The number of aromatic nitrogens is 2. The van der Waals surface area contributed by atoms with Gasteiger partial charge in [0.05, 0.1) is 40.1 Å². The molecule has 6 nitrogen and oxygen atoms in total. The molecule has 2 saturated heterocycles. The van der Waals surface area contributed by atoms with Gasteiger partial charge in [0.15, 0.2) is 5.82 Å². The van der Waals surface area contributed by atoms with Gasteiger partial charge in [0.25, 0.3) is 5.92 Å². The number of rotatable bonds is 3. The van der Waals surface area contributed by atoms with Crippen LogP contribution in [0.15, 0.2) is 34.8 Å². The maximum absolute atomic E-state index is 13.8. The monoisotopic (exact) mass is 446 g/mol. The van der Waals surface area contributed by atoms with Gasteiger partial charge in [-0.2, -0.15) is 4.36 Å². The molecule has 0 saturated carbocycles. The second-order valence-electron chi connectivity index (χ2n) is 8.33. The predicted octanol–water partition coefficient (Wildman–Crippen LogP) is 4.08. The zero-order valence-electron chi connectivity index (χ0n) is 17.3. The van der Waals surface area contributed by atoms with Gasteiger partial charge in [0, 0.05) is 60.3 Å². The van der Waals surface area contributed by atoms with E-state index < -0.39 is 27.8 Å². The summed E-state index contributed by atoms with van der Waals surface area (Å²) in [4.78, 5) is 11.3. The van der Waals surface area contributed by atoms with Crippen molar-refractivity contribution in [1.29, 1.82) is 0 Å². The molecule has 2 fully saturated rings. The Balaban J connectivity index is 1.64. The summed E-state index contributed by atoms with van der Waals surface area (Å²) < 4.78 is 50.4. The van der Waals surface area contributed by atoms with Crippen LogP contribution in [-0.2, 0) is 20.9 Å². The number of halogens is 2. The summed E-state index contributed by atoms with van der Waals surface area (Å²) in [6, 6.07) is 5.78. The van der Waals surface area contributed by atoms with E-state index in [1.807, 2.05) is 18.2 Å². The van der Waals surface area contributed by atoms with E-state index in [2.05, 4.69) is 32.2 Å². The number of nitrogens with zero attached hydrogens (tertiary/aromatic N) is 4. The van der Waals surface area contributed by atoms with E-state index in [0.29, 0.717) is 25.5 Å². The number of fused-ring (bicyclic) bond motifs is 1. The van der Waals surface area contributed by atoms with Crippen LogP contribution in [0.5, 0.6) is 0 Å². The highest BCUT2D eigenvalue weighted by atomic mass is 32.2. The first-order valence-corrected chi connectivity index (χ1v) is 12.3. The molecule has 4 heterocycles. The smallest absolute Gasteiger partial charge is 0.261 e. The van der Waals surface area contributed by atoms with Crippen molar-refractivity contribution in [3.8, 4) is 11.3 Å². The maximum Gasteiger partial charge on any atom is 0.261 e. The third-order valence-corrected chi connectivity index (χ3v) is 8.16. The number of alkyl halides is 2. The lowest BCUT2D eigenvalue weighted by atomic mass is 10.0. The number of allylic oxidation sites excluding steroid dienone is 1. The molecule has 1 unspecified atom stereocenters. The number of anilines is 1. The van der Waals surface area contributed by atoms with Crippen LogP contribution in [0.2, 0.25) is 0 Å². The van der Waals surface area contributed by atoms with Crippen molar-refractivity contribution < 1.29 is 17.7 Å². The van der Waals surface area contributed by atoms with Crippen molar-refractivity contribution in [3.05, 3.63) is 41.7 Å². The summed E-state index contributed by atoms with van der Waals surface area (Å²) in [6.07, 6.45) is 6.20. The van der Waals surface area contributed by atoms with Crippen molar-refractivity contribution >= 4 is 27.3 Å². The van der Waals surface area contributed by atoms with Crippen LogP contribution in [0.3, 0.4) is 0 Å². The van der Waals surface area contributed by atoms with E-state index in [4.69, 9.17) is 4.74 Å². The van der Waals surface area contributed by atoms with Gasteiger partial charge < -0.3 is 9.64 Å². The van der Waals surface area contributed by atoms with E-state index in [1.54, 1.807) is 12.3 Å². The first-order valence-electron chi connectivity index (χ1n) is 10.4. The molecule has 2 aromatic rings. The summed E-state index contributed by atoms with van der Waals surface area (Å²) >= 11 is 0. The Bertz CT molecular complexity index is 1170. The SMILES string of the molecule is C[C@@H]1COCCN1c1cc(N=S2(=O)CCC(F)(F)C2)nc(-c2ccnc3c2C=CC3)c1. The fourth-order valence-corrected chi connectivity index (χ4v) is 6.53. The highest BCUT2D eigenvalue weighted by Gasteiger charge is 2.41. The third-order valence-electron chi connectivity index (χ3n) is 5.92. The van der Waals surface area contributed by atoms with Crippen molar-refractivity contribution in [1.82, 2.24) is 9.97 Å². The molecule has 5 rings (SSSR count). The van der Waals surface area contributed by atoms with Gasteiger partial charge in [-0.15, -0.1) is 0 Å². The molecule has 1 aliphatic carbocycles. The molecule has 2 aliphatic heterocycles. The van der Waals surface area contributed by atoms with Crippen LogP contribution >= 0.6 is 0 Å². The molecule has 9 heteroatoms. The van der Waals surface area contributed by atoms with Crippen molar-refractivity contribution in [2.75, 3.05) is 36.2 Å². The van der Waals surface area contributed by atoms with Gasteiger partial charge in [0.2, 0.25) is 0 Å². The molecular weight excluding hydrogens is 422 g/mol. The largest absolute Gasteiger partial charge is 0.377 e. The first kappa shape index (κ1) is 20.5. The van der Waals surface area contributed by atoms with Crippen LogP contribution in [-0.4, -0.2) is 57.4 Å².